The van der Waals surface area contributed by atoms with Gasteiger partial charge < -0.3 is 10.2 Å². The van der Waals surface area contributed by atoms with Crippen LogP contribution in [0.25, 0.3) is 0 Å². The Morgan fingerprint density at radius 2 is 2.10 bits per heavy atom. The van der Waals surface area contributed by atoms with Crippen LogP contribution in [0.5, 0.6) is 0 Å². The minimum atomic E-state index is -0.00949. The van der Waals surface area contributed by atoms with Crippen molar-refractivity contribution in [2.24, 2.45) is 0 Å². The Morgan fingerprint density at radius 3 is 2.80 bits per heavy atom. The van der Waals surface area contributed by atoms with Crippen molar-refractivity contribution in [2.75, 3.05) is 6.54 Å². The maximum Gasteiger partial charge on any atom is 0.261 e. The number of nitrogens with one attached hydrogen (secondary N) is 1. The van der Waals surface area contributed by atoms with Crippen LogP contribution in [0.4, 0.5) is 0 Å². The Bertz CT molecular complexity index is 560. The van der Waals surface area contributed by atoms with Gasteiger partial charge in [-0.2, -0.15) is 0 Å². The average molecular weight is 290 g/mol. The highest BCUT2D eigenvalue weighted by Gasteiger charge is 2.40. The van der Waals surface area contributed by atoms with Crippen molar-refractivity contribution in [1.29, 1.82) is 0 Å². The van der Waals surface area contributed by atoms with Crippen LogP contribution in [-0.2, 0) is 4.79 Å². The zero-order valence-corrected chi connectivity index (χ0v) is 12.1. The molecule has 3 aliphatic rings. The largest absolute Gasteiger partial charge is 0.346 e. The minimum absolute atomic E-state index is 0.00949. The molecule has 0 aromatic carbocycles. The number of thiophene rings is 1. The van der Waals surface area contributed by atoms with E-state index in [9.17, 15) is 9.59 Å². The Balaban J connectivity index is 1.42. The predicted molar refractivity (Wildman–Crippen MR) is 76.9 cm³/mol. The van der Waals surface area contributed by atoms with Gasteiger partial charge in [0.15, 0.2) is 0 Å². The lowest BCUT2D eigenvalue weighted by atomic mass is 10.1. The standard InChI is InChI=1S/C15H18N2O2S/c18-13-7-10(8-17(13)11-3-4-11)16-15(19)14-12(5-6-20-14)9-1-2-9/h5-6,9-11H,1-4,7-8H2,(H,16,19)/t10-/m1/s1. The summed E-state index contributed by atoms with van der Waals surface area (Å²) in [4.78, 5) is 27.1. The topological polar surface area (TPSA) is 49.4 Å². The van der Waals surface area contributed by atoms with Gasteiger partial charge in [0.25, 0.3) is 5.91 Å². The van der Waals surface area contributed by atoms with Crippen LogP contribution >= 0.6 is 11.3 Å². The van der Waals surface area contributed by atoms with Gasteiger partial charge in [-0.15, -0.1) is 11.3 Å². The van der Waals surface area contributed by atoms with Crippen molar-refractivity contribution < 1.29 is 9.59 Å². The molecule has 1 aromatic rings. The predicted octanol–water partition coefficient (Wildman–Crippen LogP) is 2.12. The Labute approximate surface area is 122 Å². The number of likely N-dealkylation sites (tertiary alicyclic amines) is 1. The molecule has 3 fully saturated rings. The van der Waals surface area contributed by atoms with Crippen molar-refractivity contribution in [3.8, 4) is 0 Å². The summed E-state index contributed by atoms with van der Waals surface area (Å²) in [5.74, 6) is 0.805. The van der Waals surface area contributed by atoms with E-state index in [-0.39, 0.29) is 17.9 Å². The molecule has 1 N–H and O–H groups in total. The second-order valence-corrected chi connectivity index (χ2v) is 7.05. The molecule has 20 heavy (non-hydrogen) atoms. The number of amides is 2. The molecule has 1 atom stereocenters. The third-order valence-corrected chi connectivity index (χ3v) is 5.33. The quantitative estimate of drug-likeness (QED) is 0.923. The zero-order chi connectivity index (χ0) is 13.7. The third kappa shape index (κ3) is 2.24. The van der Waals surface area contributed by atoms with E-state index in [1.54, 1.807) is 0 Å². The van der Waals surface area contributed by atoms with E-state index in [0.29, 0.717) is 24.9 Å². The Hall–Kier alpha value is -1.36. The van der Waals surface area contributed by atoms with E-state index >= 15 is 0 Å². The Kier molecular flexibility index (Phi) is 2.84. The lowest BCUT2D eigenvalue weighted by Crippen LogP contribution is -2.37. The van der Waals surface area contributed by atoms with Crippen molar-refractivity contribution >= 4 is 23.2 Å². The van der Waals surface area contributed by atoms with Crippen LogP contribution in [-0.4, -0.2) is 35.3 Å². The maximum absolute atomic E-state index is 12.4. The molecular weight excluding hydrogens is 272 g/mol. The molecule has 2 saturated carbocycles. The molecule has 0 unspecified atom stereocenters. The normalized spacial score (nSPS) is 26.1. The highest BCUT2D eigenvalue weighted by Crippen LogP contribution is 2.43. The van der Waals surface area contributed by atoms with Gasteiger partial charge in [0.05, 0.1) is 10.9 Å². The first kappa shape index (κ1) is 12.4. The summed E-state index contributed by atoms with van der Waals surface area (Å²) in [6, 6.07) is 2.52. The van der Waals surface area contributed by atoms with Gasteiger partial charge in [0.2, 0.25) is 5.91 Å². The zero-order valence-electron chi connectivity index (χ0n) is 11.3. The average Bonchev–Trinajstić information content (AvgIpc) is 3.35. The second kappa shape index (κ2) is 4.58. The molecule has 0 spiro atoms. The lowest BCUT2D eigenvalue weighted by Gasteiger charge is -2.16. The number of hydrogen-bond donors (Lipinski definition) is 1. The number of nitrogens with zero attached hydrogens (tertiary/aromatic N) is 1. The van der Waals surface area contributed by atoms with Crippen molar-refractivity contribution in [2.45, 2.75) is 50.1 Å². The van der Waals surface area contributed by atoms with Crippen LogP contribution in [0.1, 0.15) is 53.3 Å². The highest BCUT2D eigenvalue weighted by atomic mass is 32.1. The summed E-state index contributed by atoms with van der Waals surface area (Å²) in [6.07, 6.45) is 5.13. The monoisotopic (exact) mass is 290 g/mol. The molecule has 1 saturated heterocycles. The van der Waals surface area contributed by atoms with Crippen LogP contribution in [0.3, 0.4) is 0 Å². The van der Waals surface area contributed by atoms with Gasteiger partial charge in [-0.1, -0.05) is 0 Å². The third-order valence-electron chi connectivity index (χ3n) is 4.40. The highest BCUT2D eigenvalue weighted by molar-refractivity contribution is 7.12. The summed E-state index contributed by atoms with van der Waals surface area (Å²) in [6.45, 7) is 0.694. The van der Waals surface area contributed by atoms with E-state index in [4.69, 9.17) is 0 Å². The molecule has 5 heteroatoms. The summed E-state index contributed by atoms with van der Waals surface area (Å²) in [5, 5.41) is 5.06. The number of rotatable bonds is 4. The number of hydrogen-bond acceptors (Lipinski definition) is 3. The fraction of sp³-hybridized carbons (Fsp3) is 0.600. The van der Waals surface area contributed by atoms with E-state index in [0.717, 1.165) is 17.7 Å². The van der Waals surface area contributed by atoms with Crippen molar-refractivity contribution in [1.82, 2.24) is 10.2 Å². The van der Waals surface area contributed by atoms with Gasteiger partial charge in [-0.3, -0.25) is 9.59 Å². The molecular formula is C15H18N2O2S. The fourth-order valence-electron chi connectivity index (χ4n) is 3.04. The fourth-order valence-corrected chi connectivity index (χ4v) is 3.93. The molecule has 4 rings (SSSR count). The molecule has 106 valence electrons. The SMILES string of the molecule is O=C(N[C@@H]1CC(=O)N(C2CC2)C1)c1sccc1C1CC1. The second-order valence-electron chi connectivity index (χ2n) is 6.13. The summed E-state index contributed by atoms with van der Waals surface area (Å²) in [7, 11) is 0. The van der Waals surface area contributed by atoms with E-state index in [2.05, 4.69) is 11.4 Å². The van der Waals surface area contributed by atoms with Gasteiger partial charge in [0.1, 0.15) is 0 Å². The van der Waals surface area contributed by atoms with E-state index < -0.39 is 0 Å². The molecule has 0 bridgehead atoms. The summed E-state index contributed by atoms with van der Waals surface area (Å²) < 4.78 is 0. The molecule has 2 amide bonds. The van der Waals surface area contributed by atoms with Crippen molar-refractivity contribution in [3.63, 3.8) is 0 Å². The van der Waals surface area contributed by atoms with Gasteiger partial charge >= 0.3 is 0 Å². The first-order chi connectivity index (χ1) is 9.72. The first-order valence-electron chi connectivity index (χ1n) is 7.40. The number of carbonyl (C=O) groups is 2. The van der Waals surface area contributed by atoms with Crippen LogP contribution in [0.2, 0.25) is 0 Å². The molecule has 1 aliphatic heterocycles. The minimum Gasteiger partial charge on any atom is -0.346 e. The maximum atomic E-state index is 12.4. The molecule has 0 radical (unpaired) electrons. The Morgan fingerprint density at radius 1 is 1.30 bits per heavy atom. The molecule has 1 aromatic heterocycles. The first-order valence-corrected chi connectivity index (χ1v) is 8.28. The molecule has 2 aliphatic carbocycles. The molecule has 2 heterocycles. The van der Waals surface area contributed by atoms with Crippen LogP contribution in [0.15, 0.2) is 11.4 Å². The summed E-state index contributed by atoms with van der Waals surface area (Å²) >= 11 is 1.52. The lowest BCUT2D eigenvalue weighted by molar-refractivity contribution is -0.128. The van der Waals surface area contributed by atoms with Gasteiger partial charge in [-0.05, 0) is 48.6 Å². The number of carbonyl (C=O) groups excluding carboxylic acids is 2. The van der Waals surface area contributed by atoms with Crippen molar-refractivity contribution in [3.05, 3.63) is 21.9 Å². The summed E-state index contributed by atoms with van der Waals surface area (Å²) in [5.41, 5.74) is 1.20. The van der Waals surface area contributed by atoms with Gasteiger partial charge in [0, 0.05) is 19.0 Å². The van der Waals surface area contributed by atoms with Crippen LogP contribution in [0, 0.1) is 0 Å². The van der Waals surface area contributed by atoms with Gasteiger partial charge in [-0.25, -0.2) is 0 Å². The molecule has 4 nitrogen and oxygen atoms in total. The smallest absolute Gasteiger partial charge is 0.261 e. The van der Waals surface area contributed by atoms with E-state index in [1.165, 1.54) is 29.7 Å². The van der Waals surface area contributed by atoms with E-state index in [1.807, 2.05) is 10.3 Å². The van der Waals surface area contributed by atoms with Crippen LogP contribution < -0.4 is 5.32 Å².